The van der Waals surface area contributed by atoms with E-state index in [0.717, 1.165) is 19.3 Å². The summed E-state index contributed by atoms with van der Waals surface area (Å²) in [6.45, 7) is 5.90. The summed E-state index contributed by atoms with van der Waals surface area (Å²) in [5, 5.41) is 14.6. The highest BCUT2D eigenvalue weighted by atomic mass is 16.6. The minimum Gasteiger partial charge on any atom is -0.364 e. The van der Waals surface area contributed by atoms with Crippen molar-refractivity contribution in [3.8, 4) is 0 Å². The molecule has 1 aliphatic rings. The van der Waals surface area contributed by atoms with Gasteiger partial charge in [0.15, 0.2) is 0 Å². The largest absolute Gasteiger partial charge is 0.364 e. The average molecular weight is 319 g/mol. The first-order valence-electron chi connectivity index (χ1n) is 8.33. The fourth-order valence-corrected chi connectivity index (χ4v) is 2.89. The van der Waals surface area contributed by atoms with E-state index in [9.17, 15) is 10.1 Å². The Hall–Kier alpha value is -2.18. The second-order valence-electron chi connectivity index (χ2n) is 5.61. The molecule has 2 rings (SSSR count). The predicted molar refractivity (Wildman–Crippen MR) is 91.9 cm³/mol. The summed E-state index contributed by atoms with van der Waals surface area (Å²) in [5.41, 5.74) is 1.40. The summed E-state index contributed by atoms with van der Waals surface area (Å²) in [6, 6.07) is 0. The normalized spacial score (nSPS) is 14.3. The maximum atomic E-state index is 11.5. The Morgan fingerprint density at radius 1 is 1.30 bits per heavy atom. The molecule has 1 aromatic heterocycles. The molecule has 0 spiro atoms. The van der Waals surface area contributed by atoms with Crippen LogP contribution in [0.3, 0.4) is 0 Å². The lowest BCUT2D eigenvalue weighted by molar-refractivity contribution is -0.383. The highest BCUT2D eigenvalue weighted by molar-refractivity contribution is 5.70. The number of hydrogen-bond donors (Lipinski definition) is 1. The van der Waals surface area contributed by atoms with Crippen LogP contribution in [-0.4, -0.2) is 34.5 Å². The van der Waals surface area contributed by atoms with E-state index < -0.39 is 4.92 Å². The average Bonchev–Trinajstić information content (AvgIpc) is 2.57. The SMILES string of the molecule is CCN(CC)c1ncnc(NCCC2=CCCCC2)c1[N+](=O)[O-]. The topological polar surface area (TPSA) is 84.2 Å². The molecule has 126 valence electrons. The molecule has 0 saturated heterocycles. The second-order valence-corrected chi connectivity index (χ2v) is 5.61. The van der Waals surface area contributed by atoms with Gasteiger partial charge in [0.05, 0.1) is 4.92 Å². The molecule has 1 heterocycles. The third kappa shape index (κ3) is 4.40. The maximum absolute atomic E-state index is 11.5. The lowest BCUT2D eigenvalue weighted by Crippen LogP contribution is -2.24. The standard InChI is InChI=1S/C16H25N5O2/c1-3-20(4-2)16-14(21(22)23)15(18-12-19-16)17-11-10-13-8-6-5-7-9-13/h8,12H,3-7,9-11H2,1-2H3,(H,17,18,19). The Kier molecular flexibility index (Phi) is 6.31. The van der Waals surface area contributed by atoms with Crippen molar-refractivity contribution in [2.45, 2.75) is 46.0 Å². The van der Waals surface area contributed by atoms with E-state index in [-0.39, 0.29) is 5.69 Å². The van der Waals surface area contributed by atoms with Crippen LogP contribution < -0.4 is 10.2 Å². The molecule has 7 heteroatoms. The minimum absolute atomic E-state index is 0.0335. The molecule has 23 heavy (non-hydrogen) atoms. The molecular formula is C16H25N5O2. The summed E-state index contributed by atoms with van der Waals surface area (Å²) in [6.07, 6.45) is 9.38. The van der Waals surface area contributed by atoms with Gasteiger partial charge >= 0.3 is 5.69 Å². The molecule has 0 amide bonds. The van der Waals surface area contributed by atoms with Gasteiger partial charge < -0.3 is 10.2 Å². The van der Waals surface area contributed by atoms with Gasteiger partial charge in [0.1, 0.15) is 6.33 Å². The molecule has 7 nitrogen and oxygen atoms in total. The third-order valence-corrected chi connectivity index (χ3v) is 4.17. The van der Waals surface area contributed by atoms with E-state index >= 15 is 0 Å². The van der Waals surface area contributed by atoms with Crippen molar-refractivity contribution < 1.29 is 4.92 Å². The first-order valence-corrected chi connectivity index (χ1v) is 8.33. The van der Waals surface area contributed by atoms with E-state index in [1.54, 1.807) is 0 Å². The molecular weight excluding hydrogens is 294 g/mol. The number of allylic oxidation sites excluding steroid dienone is 1. The zero-order valence-electron chi connectivity index (χ0n) is 13.9. The smallest absolute Gasteiger partial charge is 0.353 e. The van der Waals surface area contributed by atoms with Crippen LogP contribution in [0, 0.1) is 10.1 Å². The number of aromatic nitrogens is 2. The van der Waals surface area contributed by atoms with Crippen LogP contribution in [0.2, 0.25) is 0 Å². The van der Waals surface area contributed by atoms with Crippen LogP contribution in [0.4, 0.5) is 17.3 Å². The Morgan fingerprint density at radius 3 is 2.70 bits per heavy atom. The second kappa shape index (κ2) is 8.45. The number of hydrogen-bond acceptors (Lipinski definition) is 6. The third-order valence-electron chi connectivity index (χ3n) is 4.17. The van der Waals surface area contributed by atoms with Gasteiger partial charge in [0.25, 0.3) is 0 Å². The van der Waals surface area contributed by atoms with Crippen LogP contribution in [0.1, 0.15) is 46.0 Å². The lowest BCUT2D eigenvalue weighted by Gasteiger charge is -2.20. The van der Waals surface area contributed by atoms with Crippen molar-refractivity contribution >= 4 is 17.3 Å². The van der Waals surface area contributed by atoms with E-state index in [0.29, 0.717) is 31.3 Å². The van der Waals surface area contributed by atoms with Gasteiger partial charge in [-0.3, -0.25) is 10.1 Å². The Balaban J connectivity index is 2.12. The molecule has 0 fully saturated rings. The van der Waals surface area contributed by atoms with Crippen LogP contribution in [0.25, 0.3) is 0 Å². The van der Waals surface area contributed by atoms with Crippen molar-refractivity contribution in [3.05, 3.63) is 28.1 Å². The summed E-state index contributed by atoms with van der Waals surface area (Å²) in [4.78, 5) is 21.2. The fraction of sp³-hybridized carbons (Fsp3) is 0.625. The highest BCUT2D eigenvalue weighted by Gasteiger charge is 2.25. The van der Waals surface area contributed by atoms with Crippen LogP contribution in [-0.2, 0) is 0 Å². The summed E-state index contributed by atoms with van der Waals surface area (Å²) < 4.78 is 0. The van der Waals surface area contributed by atoms with Crippen molar-refractivity contribution in [1.29, 1.82) is 0 Å². The van der Waals surface area contributed by atoms with E-state index in [1.165, 1.54) is 24.7 Å². The molecule has 0 atom stereocenters. The number of nitrogens with zero attached hydrogens (tertiary/aromatic N) is 4. The molecule has 0 radical (unpaired) electrons. The molecule has 0 aromatic carbocycles. The van der Waals surface area contributed by atoms with Crippen LogP contribution in [0.15, 0.2) is 18.0 Å². The predicted octanol–water partition coefficient (Wildman–Crippen LogP) is 3.53. The Labute approximate surface area is 137 Å². The number of nitrogens with one attached hydrogen (secondary N) is 1. The molecule has 0 unspecified atom stereocenters. The molecule has 1 aromatic rings. The molecule has 1 aliphatic carbocycles. The quantitative estimate of drug-likeness (QED) is 0.448. The molecule has 1 N–H and O–H groups in total. The molecule has 0 saturated carbocycles. The number of nitro groups is 1. The molecule has 0 aliphatic heterocycles. The summed E-state index contributed by atoms with van der Waals surface area (Å²) in [7, 11) is 0. The highest BCUT2D eigenvalue weighted by Crippen LogP contribution is 2.31. The van der Waals surface area contributed by atoms with Crippen LogP contribution >= 0.6 is 0 Å². The molecule has 0 bridgehead atoms. The van der Waals surface area contributed by atoms with Gasteiger partial charge in [-0.15, -0.1) is 0 Å². The summed E-state index contributed by atoms with van der Waals surface area (Å²) >= 11 is 0. The first-order chi connectivity index (χ1) is 11.2. The number of rotatable bonds is 8. The van der Waals surface area contributed by atoms with E-state index in [1.807, 2.05) is 18.7 Å². The van der Waals surface area contributed by atoms with E-state index in [2.05, 4.69) is 21.4 Å². The fourth-order valence-electron chi connectivity index (χ4n) is 2.89. The Bertz CT molecular complexity index is 570. The van der Waals surface area contributed by atoms with Gasteiger partial charge in [-0.05, 0) is 46.0 Å². The van der Waals surface area contributed by atoms with E-state index in [4.69, 9.17) is 0 Å². The van der Waals surface area contributed by atoms with Crippen LogP contribution in [0.5, 0.6) is 0 Å². The van der Waals surface area contributed by atoms with Gasteiger partial charge in [-0.25, -0.2) is 9.97 Å². The first kappa shape index (κ1) is 17.2. The zero-order valence-corrected chi connectivity index (χ0v) is 13.9. The van der Waals surface area contributed by atoms with Gasteiger partial charge in [-0.1, -0.05) is 11.6 Å². The maximum Gasteiger partial charge on any atom is 0.353 e. The van der Waals surface area contributed by atoms with Gasteiger partial charge in [0, 0.05) is 19.6 Å². The van der Waals surface area contributed by atoms with Crippen molar-refractivity contribution in [3.63, 3.8) is 0 Å². The van der Waals surface area contributed by atoms with Crippen molar-refractivity contribution in [2.75, 3.05) is 29.9 Å². The summed E-state index contributed by atoms with van der Waals surface area (Å²) in [5.74, 6) is 0.692. The number of anilines is 2. The van der Waals surface area contributed by atoms with Crippen molar-refractivity contribution in [2.24, 2.45) is 0 Å². The minimum atomic E-state index is -0.393. The Morgan fingerprint density at radius 2 is 2.09 bits per heavy atom. The zero-order chi connectivity index (χ0) is 16.7. The lowest BCUT2D eigenvalue weighted by atomic mass is 9.97. The monoisotopic (exact) mass is 319 g/mol. The van der Waals surface area contributed by atoms with Gasteiger partial charge in [-0.2, -0.15) is 0 Å². The van der Waals surface area contributed by atoms with Gasteiger partial charge in [0.2, 0.25) is 11.6 Å². The van der Waals surface area contributed by atoms with Crippen molar-refractivity contribution in [1.82, 2.24) is 9.97 Å².